The topological polar surface area (TPSA) is 70.1 Å². The highest BCUT2D eigenvalue weighted by atomic mass is 16.2. The summed E-state index contributed by atoms with van der Waals surface area (Å²) in [5, 5.41) is 7.20. The third-order valence-electron chi connectivity index (χ3n) is 5.17. The first-order chi connectivity index (χ1) is 13.1. The summed E-state index contributed by atoms with van der Waals surface area (Å²) in [6, 6.07) is 9.84. The molecule has 4 heterocycles. The molecule has 0 saturated carbocycles. The molecule has 4 rings (SSSR count). The molecule has 140 valence electrons. The van der Waals surface area contributed by atoms with Gasteiger partial charge in [-0.3, -0.25) is 19.8 Å². The van der Waals surface area contributed by atoms with E-state index in [1.54, 1.807) is 0 Å². The van der Waals surface area contributed by atoms with Gasteiger partial charge in [0.1, 0.15) is 11.4 Å². The van der Waals surface area contributed by atoms with Crippen LogP contribution in [0.2, 0.25) is 0 Å². The molecule has 0 aromatic carbocycles. The summed E-state index contributed by atoms with van der Waals surface area (Å²) in [7, 11) is 1.97. The number of amides is 1. The molecule has 0 aliphatic carbocycles. The first kappa shape index (κ1) is 17.5. The Kier molecular flexibility index (Phi) is 4.77. The molecule has 7 heteroatoms. The number of carbonyl (C=O) groups is 1. The number of rotatable bonds is 4. The molecular formula is C20H24N6O. The van der Waals surface area contributed by atoms with Gasteiger partial charge < -0.3 is 9.47 Å². The van der Waals surface area contributed by atoms with E-state index in [1.165, 1.54) is 5.56 Å². The molecule has 1 fully saturated rings. The van der Waals surface area contributed by atoms with E-state index in [0.717, 1.165) is 36.7 Å². The number of pyridine rings is 1. The number of hydrogen-bond donors (Lipinski definition) is 1. The van der Waals surface area contributed by atoms with Crippen LogP contribution in [0.1, 0.15) is 21.7 Å². The van der Waals surface area contributed by atoms with Crippen LogP contribution >= 0.6 is 0 Å². The van der Waals surface area contributed by atoms with E-state index < -0.39 is 0 Å². The van der Waals surface area contributed by atoms with Crippen LogP contribution in [0.3, 0.4) is 0 Å². The van der Waals surface area contributed by atoms with Gasteiger partial charge in [0, 0.05) is 52.2 Å². The van der Waals surface area contributed by atoms with E-state index in [4.69, 9.17) is 0 Å². The SMILES string of the molecule is Cc1cccnc1CN1CCN(C(=O)c2cc(-c3cccn3C)n[nH]2)CC1. The number of nitrogens with zero attached hydrogens (tertiary/aromatic N) is 5. The van der Waals surface area contributed by atoms with E-state index >= 15 is 0 Å². The van der Waals surface area contributed by atoms with Crippen LogP contribution in [0, 0.1) is 6.92 Å². The minimum absolute atomic E-state index is 0.0108. The van der Waals surface area contributed by atoms with E-state index in [2.05, 4.69) is 33.1 Å². The highest BCUT2D eigenvalue weighted by Crippen LogP contribution is 2.19. The van der Waals surface area contributed by atoms with Crippen molar-refractivity contribution in [1.29, 1.82) is 0 Å². The van der Waals surface area contributed by atoms with E-state index in [1.807, 2.05) is 53.2 Å². The fourth-order valence-corrected chi connectivity index (χ4v) is 3.46. The zero-order chi connectivity index (χ0) is 18.8. The zero-order valence-electron chi connectivity index (χ0n) is 15.7. The Hall–Kier alpha value is -2.93. The highest BCUT2D eigenvalue weighted by molar-refractivity contribution is 5.93. The molecule has 3 aromatic heterocycles. The molecule has 0 unspecified atom stereocenters. The second-order valence-electron chi connectivity index (χ2n) is 7.01. The van der Waals surface area contributed by atoms with Crippen LogP contribution in [-0.2, 0) is 13.6 Å². The number of aromatic amines is 1. The summed E-state index contributed by atoms with van der Waals surface area (Å²) in [6.45, 7) is 6.04. The summed E-state index contributed by atoms with van der Waals surface area (Å²) in [6.07, 6.45) is 3.80. The first-order valence-corrected chi connectivity index (χ1v) is 9.21. The fraction of sp³-hybridized carbons (Fsp3) is 0.350. The maximum absolute atomic E-state index is 12.8. The van der Waals surface area contributed by atoms with Gasteiger partial charge in [-0.25, -0.2) is 0 Å². The summed E-state index contributed by atoms with van der Waals surface area (Å²) < 4.78 is 1.99. The molecule has 1 aliphatic rings. The molecule has 0 spiro atoms. The summed E-state index contributed by atoms with van der Waals surface area (Å²) in [4.78, 5) is 21.5. The minimum Gasteiger partial charge on any atom is -0.349 e. The van der Waals surface area contributed by atoms with Gasteiger partial charge in [0.25, 0.3) is 5.91 Å². The molecule has 3 aromatic rings. The molecule has 1 amide bonds. The predicted octanol–water partition coefficient (Wildman–Crippen LogP) is 2.08. The predicted molar refractivity (Wildman–Crippen MR) is 103 cm³/mol. The number of nitrogens with one attached hydrogen (secondary N) is 1. The Morgan fingerprint density at radius 1 is 1.19 bits per heavy atom. The van der Waals surface area contributed by atoms with Crippen molar-refractivity contribution in [3.63, 3.8) is 0 Å². The molecule has 1 N–H and O–H groups in total. The Bertz CT molecular complexity index is 935. The summed E-state index contributed by atoms with van der Waals surface area (Å²) in [5.74, 6) is 0.0108. The van der Waals surface area contributed by atoms with Crippen LogP contribution in [0.5, 0.6) is 0 Å². The molecule has 1 saturated heterocycles. The molecule has 27 heavy (non-hydrogen) atoms. The van der Waals surface area contributed by atoms with Crippen molar-refractivity contribution in [2.24, 2.45) is 7.05 Å². The lowest BCUT2D eigenvalue weighted by atomic mass is 10.2. The van der Waals surface area contributed by atoms with Gasteiger partial charge in [-0.2, -0.15) is 5.10 Å². The number of piperazine rings is 1. The molecule has 0 radical (unpaired) electrons. The lowest BCUT2D eigenvalue weighted by molar-refractivity contribution is 0.0621. The van der Waals surface area contributed by atoms with Crippen molar-refractivity contribution in [3.8, 4) is 11.4 Å². The lowest BCUT2D eigenvalue weighted by Crippen LogP contribution is -2.48. The standard InChI is InChI=1S/C20H24N6O/c1-15-5-3-7-21-18(15)14-25-9-11-26(12-10-25)20(27)17-13-16(22-23-17)19-6-4-8-24(19)2/h3-8,13H,9-12,14H2,1-2H3,(H,22,23). The second-order valence-corrected chi connectivity index (χ2v) is 7.01. The lowest BCUT2D eigenvalue weighted by Gasteiger charge is -2.34. The average molecular weight is 364 g/mol. The monoisotopic (exact) mass is 364 g/mol. The van der Waals surface area contributed by atoms with Crippen LogP contribution in [0.15, 0.2) is 42.7 Å². The van der Waals surface area contributed by atoms with Gasteiger partial charge in [-0.1, -0.05) is 6.07 Å². The van der Waals surface area contributed by atoms with Crippen molar-refractivity contribution >= 4 is 5.91 Å². The van der Waals surface area contributed by atoms with Gasteiger partial charge in [0.15, 0.2) is 0 Å². The Labute approximate surface area is 158 Å². The van der Waals surface area contributed by atoms with Crippen LogP contribution in [-0.4, -0.2) is 61.6 Å². The Morgan fingerprint density at radius 2 is 2.00 bits per heavy atom. The number of aromatic nitrogens is 4. The number of H-pyrrole nitrogens is 1. The maximum atomic E-state index is 12.8. The third-order valence-corrected chi connectivity index (χ3v) is 5.17. The Morgan fingerprint density at radius 3 is 2.70 bits per heavy atom. The highest BCUT2D eigenvalue weighted by Gasteiger charge is 2.24. The quantitative estimate of drug-likeness (QED) is 0.769. The summed E-state index contributed by atoms with van der Waals surface area (Å²) in [5.41, 5.74) is 4.64. The van der Waals surface area contributed by atoms with Crippen molar-refractivity contribution in [1.82, 2.24) is 29.5 Å². The van der Waals surface area contributed by atoms with E-state index in [-0.39, 0.29) is 5.91 Å². The van der Waals surface area contributed by atoms with Gasteiger partial charge in [-0.05, 0) is 36.8 Å². The minimum atomic E-state index is 0.0108. The smallest absolute Gasteiger partial charge is 0.271 e. The third kappa shape index (κ3) is 3.64. The molecule has 0 atom stereocenters. The number of hydrogen-bond acceptors (Lipinski definition) is 4. The number of carbonyl (C=O) groups excluding carboxylic acids is 1. The van der Waals surface area contributed by atoms with E-state index in [9.17, 15) is 4.79 Å². The zero-order valence-corrected chi connectivity index (χ0v) is 15.7. The largest absolute Gasteiger partial charge is 0.349 e. The number of aryl methyl sites for hydroxylation is 2. The van der Waals surface area contributed by atoms with Crippen molar-refractivity contribution in [3.05, 3.63) is 59.7 Å². The summed E-state index contributed by atoms with van der Waals surface area (Å²) >= 11 is 0. The van der Waals surface area contributed by atoms with Gasteiger partial charge >= 0.3 is 0 Å². The first-order valence-electron chi connectivity index (χ1n) is 9.21. The normalized spacial score (nSPS) is 15.3. The fourth-order valence-electron chi connectivity index (χ4n) is 3.46. The van der Waals surface area contributed by atoms with Crippen molar-refractivity contribution in [2.75, 3.05) is 26.2 Å². The van der Waals surface area contributed by atoms with Crippen molar-refractivity contribution in [2.45, 2.75) is 13.5 Å². The van der Waals surface area contributed by atoms with Gasteiger partial charge in [0.2, 0.25) is 0 Å². The maximum Gasteiger partial charge on any atom is 0.271 e. The average Bonchev–Trinajstić information content (AvgIpc) is 3.32. The molecule has 0 bridgehead atoms. The van der Waals surface area contributed by atoms with Crippen LogP contribution in [0.4, 0.5) is 0 Å². The van der Waals surface area contributed by atoms with Crippen LogP contribution < -0.4 is 0 Å². The van der Waals surface area contributed by atoms with Crippen LogP contribution in [0.25, 0.3) is 11.4 Å². The molecular weight excluding hydrogens is 340 g/mol. The van der Waals surface area contributed by atoms with Crippen molar-refractivity contribution < 1.29 is 4.79 Å². The molecule has 1 aliphatic heterocycles. The van der Waals surface area contributed by atoms with Gasteiger partial charge in [-0.15, -0.1) is 0 Å². The molecule has 7 nitrogen and oxygen atoms in total. The van der Waals surface area contributed by atoms with Gasteiger partial charge in [0.05, 0.1) is 11.4 Å². The van der Waals surface area contributed by atoms with E-state index in [0.29, 0.717) is 18.8 Å². The Balaban J connectivity index is 1.37. The second kappa shape index (κ2) is 7.36.